The van der Waals surface area contributed by atoms with Crippen LogP contribution in [0.25, 0.3) is 6.08 Å². The van der Waals surface area contributed by atoms with Crippen molar-refractivity contribution in [2.24, 2.45) is 5.92 Å². The summed E-state index contributed by atoms with van der Waals surface area (Å²) in [5.41, 5.74) is 2.54. The van der Waals surface area contributed by atoms with Crippen molar-refractivity contribution in [3.63, 3.8) is 0 Å². The summed E-state index contributed by atoms with van der Waals surface area (Å²) in [4.78, 5) is 0. The molecule has 0 bridgehead atoms. The predicted molar refractivity (Wildman–Crippen MR) is 70.1 cm³/mol. The fourth-order valence-corrected chi connectivity index (χ4v) is 1.99. The van der Waals surface area contributed by atoms with Crippen LogP contribution in [0.1, 0.15) is 12.5 Å². The van der Waals surface area contributed by atoms with Crippen molar-refractivity contribution < 1.29 is 9.47 Å². The Hall–Kier alpha value is -1.54. The lowest BCUT2D eigenvalue weighted by atomic mass is 10.00. The molecule has 0 amide bonds. The molecule has 2 rings (SSSR count). The van der Waals surface area contributed by atoms with Crippen LogP contribution in [-0.4, -0.2) is 20.3 Å². The molecule has 90 valence electrons. The minimum atomic E-state index is 0.433. The van der Waals surface area contributed by atoms with Crippen LogP contribution in [0.4, 0.5) is 0 Å². The van der Waals surface area contributed by atoms with Crippen molar-refractivity contribution in [3.05, 3.63) is 47.6 Å². The molecule has 2 nitrogen and oxygen atoms in total. The maximum absolute atomic E-state index is 5.50. The first-order valence-electron chi connectivity index (χ1n) is 5.88. The van der Waals surface area contributed by atoms with E-state index in [2.05, 4.69) is 30.4 Å². The third-order valence-corrected chi connectivity index (χ3v) is 2.94. The van der Waals surface area contributed by atoms with E-state index in [0.29, 0.717) is 5.92 Å². The summed E-state index contributed by atoms with van der Waals surface area (Å²) in [5.74, 6) is 1.32. The molecule has 2 heteroatoms. The Morgan fingerprint density at radius 2 is 2.06 bits per heavy atom. The van der Waals surface area contributed by atoms with Gasteiger partial charge < -0.3 is 9.47 Å². The monoisotopic (exact) mass is 230 g/mol. The lowest BCUT2D eigenvalue weighted by Crippen LogP contribution is -1.96. The average Bonchev–Trinajstić information content (AvgIpc) is 2.78. The van der Waals surface area contributed by atoms with Gasteiger partial charge in [0.05, 0.1) is 20.3 Å². The average molecular weight is 230 g/mol. The van der Waals surface area contributed by atoms with Gasteiger partial charge in [0.1, 0.15) is 5.75 Å². The highest BCUT2D eigenvalue weighted by atomic mass is 16.5. The summed E-state index contributed by atoms with van der Waals surface area (Å²) in [5, 5.41) is 0. The first-order valence-corrected chi connectivity index (χ1v) is 5.88. The second-order valence-electron chi connectivity index (χ2n) is 4.14. The molecule has 1 aliphatic heterocycles. The molecule has 0 spiro atoms. The maximum Gasteiger partial charge on any atom is 0.118 e. The molecule has 1 fully saturated rings. The zero-order chi connectivity index (χ0) is 12.1. The second kappa shape index (κ2) is 5.69. The quantitative estimate of drug-likeness (QED) is 0.742. The van der Waals surface area contributed by atoms with E-state index in [9.17, 15) is 0 Å². The largest absolute Gasteiger partial charge is 0.497 e. The maximum atomic E-state index is 5.50. The molecule has 1 heterocycles. The molecule has 0 N–H and O–H groups in total. The zero-order valence-corrected chi connectivity index (χ0v) is 10.3. The Morgan fingerprint density at radius 3 is 2.71 bits per heavy atom. The third kappa shape index (κ3) is 2.98. The van der Waals surface area contributed by atoms with Gasteiger partial charge in [0.25, 0.3) is 0 Å². The molecular formula is C15H18O2. The first kappa shape index (κ1) is 11.9. The van der Waals surface area contributed by atoms with Crippen molar-refractivity contribution in [1.82, 2.24) is 0 Å². The number of allylic oxidation sites excluding steroid dienone is 1. The smallest absolute Gasteiger partial charge is 0.118 e. The van der Waals surface area contributed by atoms with Crippen molar-refractivity contribution in [1.29, 1.82) is 0 Å². The van der Waals surface area contributed by atoms with E-state index >= 15 is 0 Å². The van der Waals surface area contributed by atoms with Gasteiger partial charge in [0.15, 0.2) is 0 Å². The topological polar surface area (TPSA) is 18.5 Å². The molecule has 0 aromatic heterocycles. The van der Waals surface area contributed by atoms with Gasteiger partial charge in [-0.3, -0.25) is 0 Å². The van der Waals surface area contributed by atoms with Crippen LogP contribution in [0.5, 0.6) is 5.75 Å². The zero-order valence-electron chi connectivity index (χ0n) is 10.3. The van der Waals surface area contributed by atoms with Crippen molar-refractivity contribution in [3.8, 4) is 5.75 Å². The molecular weight excluding hydrogens is 212 g/mol. The Kier molecular flexibility index (Phi) is 3.99. The summed E-state index contributed by atoms with van der Waals surface area (Å²) < 4.78 is 10.6. The SMILES string of the molecule is C/C=C/[C@@H]1COC/C1=C\c1ccc(OC)cc1. The molecule has 1 saturated heterocycles. The molecule has 0 aliphatic carbocycles. The van der Waals surface area contributed by atoms with Gasteiger partial charge in [-0.05, 0) is 30.2 Å². The predicted octanol–water partition coefficient (Wildman–Crippen LogP) is 3.30. The molecule has 1 atom stereocenters. The summed E-state index contributed by atoms with van der Waals surface area (Å²) in [6.07, 6.45) is 6.49. The van der Waals surface area contributed by atoms with E-state index in [4.69, 9.17) is 9.47 Å². The van der Waals surface area contributed by atoms with Crippen LogP contribution in [0.2, 0.25) is 0 Å². The molecule has 1 aromatic rings. The van der Waals surface area contributed by atoms with Crippen LogP contribution >= 0.6 is 0 Å². The Bertz CT molecular complexity index is 415. The van der Waals surface area contributed by atoms with E-state index in [0.717, 1.165) is 19.0 Å². The van der Waals surface area contributed by atoms with Crippen LogP contribution in [0.3, 0.4) is 0 Å². The van der Waals surface area contributed by atoms with Crippen LogP contribution < -0.4 is 4.74 Å². The van der Waals surface area contributed by atoms with E-state index in [1.54, 1.807) is 7.11 Å². The number of hydrogen-bond donors (Lipinski definition) is 0. The number of methoxy groups -OCH3 is 1. The van der Waals surface area contributed by atoms with E-state index in [-0.39, 0.29) is 0 Å². The third-order valence-electron chi connectivity index (χ3n) is 2.94. The lowest BCUT2D eigenvalue weighted by molar-refractivity contribution is 0.195. The van der Waals surface area contributed by atoms with Crippen molar-refractivity contribution in [2.45, 2.75) is 6.92 Å². The van der Waals surface area contributed by atoms with Gasteiger partial charge in [0.2, 0.25) is 0 Å². The lowest BCUT2D eigenvalue weighted by Gasteiger charge is -2.04. The van der Waals surface area contributed by atoms with Gasteiger partial charge in [-0.1, -0.05) is 30.4 Å². The summed E-state index contributed by atoms with van der Waals surface area (Å²) >= 11 is 0. The van der Waals surface area contributed by atoms with Gasteiger partial charge in [-0.2, -0.15) is 0 Å². The number of ether oxygens (including phenoxy) is 2. The number of rotatable bonds is 3. The fourth-order valence-electron chi connectivity index (χ4n) is 1.99. The standard InChI is InChI=1S/C15H18O2/c1-3-4-13-10-17-11-14(13)9-12-5-7-15(16-2)8-6-12/h3-9,13H,10-11H2,1-2H3/b4-3+,14-9+/t13-/m1/s1. The highest BCUT2D eigenvalue weighted by molar-refractivity contribution is 5.55. The van der Waals surface area contributed by atoms with Crippen molar-refractivity contribution in [2.75, 3.05) is 20.3 Å². The number of benzene rings is 1. The second-order valence-corrected chi connectivity index (χ2v) is 4.14. The molecule has 1 aromatic carbocycles. The van der Waals surface area contributed by atoms with Gasteiger partial charge in [0, 0.05) is 5.92 Å². The summed E-state index contributed by atoms with van der Waals surface area (Å²) in [7, 11) is 1.68. The molecule has 1 aliphatic rings. The Balaban J connectivity index is 2.16. The molecule has 0 unspecified atom stereocenters. The normalized spacial score (nSPS) is 22.5. The summed E-state index contributed by atoms with van der Waals surface area (Å²) in [6, 6.07) is 8.09. The highest BCUT2D eigenvalue weighted by Crippen LogP contribution is 2.24. The minimum Gasteiger partial charge on any atom is -0.497 e. The minimum absolute atomic E-state index is 0.433. The summed E-state index contributed by atoms with van der Waals surface area (Å²) in [6.45, 7) is 3.58. The molecule has 0 radical (unpaired) electrons. The van der Waals surface area contributed by atoms with E-state index in [1.165, 1.54) is 11.1 Å². The van der Waals surface area contributed by atoms with Gasteiger partial charge in [-0.25, -0.2) is 0 Å². The Labute approximate surface area is 103 Å². The van der Waals surface area contributed by atoms with E-state index in [1.807, 2.05) is 19.1 Å². The first-order chi connectivity index (χ1) is 8.33. The number of hydrogen-bond acceptors (Lipinski definition) is 2. The van der Waals surface area contributed by atoms with Crippen LogP contribution in [-0.2, 0) is 4.74 Å². The van der Waals surface area contributed by atoms with Gasteiger partial charge >= 0.3 is 0 Å². The van der Waals surface area contributed by atoms with Crippen LogP contribution in [0.15, 0.2) is 42.0 Å². The highest BCUT2D eigenvalue weighted by Gasteiger charge is 2.18. The van der Waals surface area contributed by atoms with Crippen molar-refractivity contribution >= 4 is 6.08 Å². The van der Waals surface area contributed by atoms with E-state index < -0.39 is 0 Å². The van der Waals surface area contributed by atoms with Gasteiger partial charge in [-0.15, -0.1) is 0 Å². The molecule has 0 saturated carbocycles. The Morgan fingerprint density at radius 1 is 1.29 bits per heavy atom. The fraction of sp³-hybridized carbons (Fsp3) is 0.333. The van der Waals surface area contributed by atoms with Crippen LogP contribution in [0, 0.1) is 5.92 Å². The molecule has 17 heavy (non-hydrogen) atoms.